The Kier molecular flexibility index (Phi) is 6.52. The third-order valence-corrected chi connectivity index (χ3v) is 3.47. The highest BCUT2D eigenvalue weighted by Crippen LogP contribution is 2.32. The first kappa shape index (κ1) is 14.5. The number of rotatable bonds is 9. The molecule has 2 atom stereocenters. The Bertz CT molecular complexity index is 223. The number of nitrogens with one attached hydrogen (secondary N) is 1. The zero-order chi connectivity index (χ0) is 12.7. The molecule has 4 N–H and O–H groups in total. The van der Waals surface area contributed by atoms with Gasteiger partial charge in [0.05, 0.1) is 0 Å². The summed E-state index contributed by atoms with van der Waals surface area (Å²) in [6.45, 7) is 2.99. The molecule has 2 unspecified atom stereocenters. The zero-order valence-corrected chi connectivity index (χ0v) is 10.8. The van der Waals surface area contributed by atoms with E-state index in [9.17, 15) is 4.79 Å². The average Bonchev–Trinajstić information content (AvgIpc) is 3.10. The van der Waals surface area contributed by atoms with Gasteiger partial charge >= 0.3 is 0 Å². The monoisotopic (exact) mass is 242 g/mol. The van der Waals surface area contributed by atoms with E-state index in [0.29, 0.717) is 24.8 Å². The first-order valence-electron chi connectivity index (χ1n) is 6.80. The minimum absolute atomic E-state index is 0.0393. The molecule has 0 radical (unpaired) electrons. The lowest BCUT2D eigenvalue weighted by atomic mass is 10.00. The highest BCUT2D eigenvalue weighted by molar-refractivity contribution is 5.76. The zero-order valence-electron chi connectivity index (χ0n) is 10.8. The van der Waals surface area contributed by atoms with Crippen LogP contribution in [0.15, 0.2) is 0 Å². The Morgan fingerprint density at radius 2 is 2.18 bits per heavy atom. The van der Waals surface area contributed by atoms with Gasteiger partial charge in [-0.1, -0.05) is 13.3 Å². The van der Waals surface area contributed by atoms with Gasteiger partial charge in [-0.2, -0.15) is 0 Å². The van der Waals surface area contributed by atoms with Gasteiger partial charge in [0.1, 0.15) is 0 Å². The van der Waals surface area contributed by atoms with Crippen molar-refractivity contribution in [2.45, 2.75) is 51.5 Å². The lowest BCUT2D eigenvalue weighted by Crippen LogP contribution is -2.35. The predicted molar refractivity (Wildman–Crippen MR) is 68.4 cm³/mol. The van der Waals surface area contributed by atoms with E-state index in [0.717, 1.165) is 19.3 Å². The molecule has 4 nitrogen and oxygen atoms in total. The van der Waals surface area contributed by atoms with Crippen molar-refractivity contribution in [1.82, 2.24) is 5.32 Å². The topological polar surface area (TPSA) is 75.3 Å². The molecule has 1 rings (SSSR count). The summed E-state index contributed by atoms with van der Waals surface area (Å²) in [4.78, 5) is 11.6. The number of nitrogens with two attached hydrogens (primary N) is 1. The first-order valence-corrected chi connectivity index (χ1v) is 6.80. The van der Waals surface area contributed by atoms with E-state index >= 15 is 0 Å². The Morgan fingerprint density at radius 3 is 2.71 bits per heavy atom. The smallest absolute Gasteiger partial charge is 0.221 e. The summed E-state index contributed by atoms with van der Waals surface area (Å²) < 4.78 is 0. The molecule has 4 heteroatoms. The second-order valence-electron chi connectivity index (χ2n) is 5.18. The van der Waals surface area contributed by atoms with Crippen LogP contribution in [0, 0.1) is 11.8 Å². The van der Waals surface area contributed by atoms with E-state index in [1.54, 1.807) is 0 Å². The Hall–Kier alpha value is -0.610. The molecule has 1 fully saturated rings. The van der Waals surface area contributed by atoms with Crippen molar-refractivity contribution in [1.29, 1.82) is 0 Å². The van der Waals surface area contributed by atoms with Crippen LogP contribution in [0.2, 0.25) is 0 Å². The maximum absolute atomic E-state index is 11.6. The highest BCUT2D eigenvalue weighted by Gasteiger charge is 2.29. The molecule has 1 saturated carbocycles. The number of carbonyl (C=O) groups excluding carboxylic acids is 1. The second-order valence-corrected chi connectivity index (χ2v) is 5.18. The fourth-order valence-corrected chi connectivity index (χ4v) is 2.17. The van der Waals surface area contributed by atoms with E-state index in [-0.39, 0.29) is 18.6 Å². The normalized spacial score (nSPS) is 18.8. The summed E-state index contributed by atoms with van der Waals surface area (Å²) in [5.41, 5.74) is 5.90. The summed E-state index contributed by atoms with van der Waals surface area (Å²) >= 11 is 0. The number of hydrogen-bond acceptors (Lipinski definition) is 3. The van der Waals surface area contributed by atoms with E-state index in [1.165, 1.54) is 12.8 Å². The van der Waals surface area contributed by atoms with E-state index in [4.69, 9.17) is 10.8 Å². The van der Waals surface area contributed by atoms with E-state index in [2.05, 4.69) is 12.2 Å². The molecule has 0 aromatic carbocycles. The summed E-state index contributed by atoms with van der Waals surface area (Å²) in [6, 6.07) is 0.0393. The summed E-state index contributed by atoms with van der Waals surface area (Å²) in [5.74, 6) is 1.03. The van der Waals surface area contributed by atoms with Gasteiger partial charge in [0.25, 0.3) is 0 Å². The molecule has 0 aliphatic heterocycles. The van der Waals surface area contributed by atoms with Crippen LogP contribution >= 0.6 is 0 Å². The third kappa shape index (κ3) is 6.03. The maximum atomic E-state index is 11.6. The van der Waals surface area contributed by atoms with Crippen LogP contribution in [-0.4, -0.2) is 30.2 Å². The Labute approximate surface area is 104 Å². The van der Waals surface area contributed by atoms with Crippen molar-refractivity contribution in [3.8, 4) is 0 Å². The summed E-state index contributed by atoms with van der Waals surface area (Å²) in [5, 5.41) is 11.9. The van der Waals surface area contributed by atoms with Crippen molar-refractivity contribution in [2.75, 3.05) is 13.2 Å². The fourth-order valence-electron chi connectivity index (χ4n) is 2.17. The van der Waals surface area contributed by atoms with Gasteiger partial charge < -0.3 is 16.2 Å². The van der Waals surface area contributed by atoms with Crippen molar-refractivity contribution in [3.05, 3.63) is 0 Å². The van der Waals surface area contributed by atoms with Crippen molar-refractivity contribution >= 4 is 5.91 Å². The van der Waals surface area contributed by atoms with Crippen LogP contribution < -0.4 is 11.1 Å². The highest BCUT2D eigenvalue weighted by atomic mass is 16.3. The maximum Gasteiger partial charge on any atom is 0.221 e. The molecule has 0 heterocycles. The van der Waals surface area contributed by atoms with Crippen LogP contribution in [-0.2, 0) is 4.79 Å². The van der Waals surface area contributed by atoms with Crippen LogP contribution in [0.4, 0.5) is 0 Å². The lowest BCUT2D eigenvalue weighted by Gasteiger charge is -2.16. The number of aliphatic hydroxyl groups is 1. The molecule has 1 amide bonds. The van der Waals surface area contributed by atoms with Crippen molar-refractivity contribution in [2.24, 2.45) is 17.6 Å². The van der Waals surface area contributed by atoms with E-state index < -0.39 is 0 Å². The number of hydrogen-bond donors (Lipinski definition) is 3. The van der Waals surface area contributed by atoms with Gasteiger partial charge in [-0.25, -0.2) is 0 Å². The van der Waals surface area contributed by atoms with Gasteiger partial charge in [0.2, 0.25) is 5.91 Å². The van der Waals surface area contributed by atoms with Gasteiger partial charge in [0, 0.05) is 25.6 Å². The third-order valence-electron chi connectivity index (χ3n) is 3.47. The quantitative estimate of drug-likeness (QED) is 0.565. The number of amides is 1. The fraction of sp³-hybridized carbons (Fsp3) is 0.923. The molecule has 0 saturated heterocycles. The van der Waals surface area contributed by atoms with Crippen LogP contribution in [0.25, 0.3) is 0 Å². The molecule has 1 aliphatic rings. The summed E-state index contributed by atoms with van der Waals surface area (Å²) in [6.07, 6.45) is 5.71. The van der Waals surface area contributed by atoms with Crippen LogP contribution in [0.1, 0.15) is 45.4 Å². The minimum atomic E-state index is 0.0393. The second kappa shape index (κ2) is 7.67. The molecule has 0 bridgehead atoms. The average molecular weight is 242 g/mol. The molecular formula is C13H26N2O2. The Balaban J connectivity index is 2.15. The van der Waals surface area contributed by atoms with Gasteiger partial charge in [0.15, 0.2) is 0 Å². The SMILES string of the molecule is CCCC(CCO)CNC(=O)CC(N)C1CC1. The van der Waals surface area contributed by atoms with Crippen LogP contribution in [0.5, 0.6) is 0 Å². The minimum Gasteiger partial charge on any atom is -0.396 e. The number of carbonyl (C=O) groups is 1. The molecule has 0 aromatic rings. The van der Waals surface area contributed by atoms with Crippen LogP contribution in [0.3, 0.4) is 0 Å². The molecule has 0 spiro atoms. The predicted octanol–water partition coefficient (Wildman–Crippen LogP) is 1.03. The van der Waals surface area contributed by atoms with Gasteiger partial charge in [-0.05, 0) is 37.5 Å². The Morgan fingerprint density at radius 1 is 1.47 bits per heavy atom. The molecule has 1 aliphatic carbocycles. The molecular weight excluding hydrogens is 216 g/mol. The first-order chi connectivity index (χ1) is 8.17. The van der Waals surface area contributed by atoms with Gasteiger partial charge in [-0.3, -0.25) is 4.79 Å². The van der Waals surface area contributed by atoms with Crippen molar-refractivity contribution < 1.29 is 9.90 Å². The van der Waals surface area contributed by atoms with Gasteiger partial charge in [-0.15, -0.1) is 0 Å². The largest absolute Gasteiger partial charge is 0.396 e. The standard InChI is InChI=1S/C13H26N2O2/c1-2-3-10(6-7-16)9-15-13(17)8-12(14)11-4-5-11/h10-12,16H,2-9,14H2,1H3,(H,15,17). The molecule has 0 aromatic heterocycles. The lowest BCUT2D eigenvalue weighted by molar-refractivity contribution is -0.121. The molecule has 17 heavy (non-hydrogen) atoms. The van der Waals surface area contributed by atoms with E-state index in [1.807, 2.05) is 0 Å². The van der Waals surface area contributed by atoms with Crippen molar-refractivity contribution in [3.63, 3.8) is 0 Å². The molecule has 100 valence electrons. The summed E-state index contributed by atoms with van der Waals surface area (Å²) in [7, 11) is 0. The number of aliphatic hydroxyl groups excluding tert-OH is 1.